The first-order valence-electron chi connectivity index (χ1n) is 9.15. The molecule has 1 N–H and O–H groups in total. The Kier molecular flexibility index (Phi) is 6.88. The highest BCUT2D eigenvalue weighted by Crippen LogP contribution is 2.28. The van der Waals surface area contributed by atoms with E-state index in [1.165, 1.54) is 37.8 Å². The third-order valence-electron chi connectivity index (χ3n) is 4.26. The number of amides is 1. The van der Waals surface area contributed by atoms with Crippen molar-refractivity contribution in [1.29, 1.82) is 0 Å². The molecule has 1 aromatic carbocycles. The van der Waals surface area contributed by atoms with E-state index in [1.54, 1.807) is 37.3 Å². The van der Waals surface area contributed by atoms with Gasteiger partial charge in [0.05, 0.1) is 11.2 Å². The molecular formula is C20H21N3O6S2. The van der Waals surface area contributed by atoms with E-state index in [1.807, 2.05) is 0 Å². The molecule has 0 fully saturated rings. The Balaban J connectivity index is 1.59. The molecule has 0 saturated carbocycles. The lowest BCUT2D eigenvalue weighted by Gasteiger charge is -2.15. The Bertz CT molecular complexity index is 1180. The number of aromatic nitrogens is 1. The van der Waals surface area contributed by atoms with Gasteiger partial charge in [0.15, 0.2) is 23.1 Å². The Hall–Kier alpha value is -3.02. The van der Waals surface area contributed by atoms with Crippen LogP contribution in [0.1, 0.15) is 20.9 Å². The lowest BCUT2D eigenvalue weighted by Crippen LogP contribution is -2.30. The van der Waals surface area contributed by atoms with Gasteiger partial charge in [-0.1, -0.05) is 18.2 Å². The fraction of sp³-hybridized carbons (Fsp3) is 0.250. The maximum Gasteiger partial charge on any atom is 0.358 e. The number of benzene rings is 1. The Labute approximate surface area is 183 Å². The summed E-state index contributed by atoms with van der Waals surface area (Å²) in [4.78, 5) is 29.4. The molecule has 0 aliphatic rings. The minimum absolute atomic E-state index is 0.0298. The summed E-state index contributed by atoms with van der Waals surface area (Å²) in [5.41, 5.74) is 0.543. The number of hydrogen-bond acceptors (Lipinski definition) is 8. The van der Waals surface area contributed by atoms with Gasteiger partial charge >= 0.3 is 5.97 Å². The first-order chi connectivity index (χ1) is 14.7. The molecule has 9 nitrogen and oxygen atoms in total. The maximum atomic E-state index is 12.4. The van der Waals surface area contributed by atoms with Crippen LogP contribution in [-0.4, -0.2) is 50.3 Å². The molecule has 0 saturated heterocycles. The number of thiazole rings is 1. The first-order valence-corrected chi connectivity index (χ1v) is 11.4. The van der Waals surface area contributed by atoms with Crippen molar-refractivity contribution in [2.45, 2.75) is 18.4 Å². The molecule has 1 amide bonds. The zero-order valence-electron chi connectivity index (χ0n) is 17.1. The van der Waals surface area contributed by atoms with Crippen LogP contribution in [0.2, 0.25) is 0 Å². The van der Waals surface area contributed by atoms with Gasteiger partial charge in [-0.15, -0.1) is 11.3 Å². The predicted octanol–water partition coefficient (Wildman–Crippen LogP) is 2.44. The summed E-state index contributed by atoms with van der Waals surface area (Å²) in [7, 11) is -0.792. The second-order valence-corrected chi connectivity index (χ2v) is 9.97. The molecule has 2 aromatic heterocycles. The number of hydrogen-bond donors (Lipinski definition) is 1. The molecule has 0 spiro atoms. The van der Waals surface area contributed by atoms with Crippen molar-refractivity contribution in [2.24, 2.45) is 0 Å². The van der Waals surface area contributed by atoms with E-state index >= 15 is 0 Å². The fourth-order valence-electron chi connectivity index (χ4n) is 2.63. The van der Waals surface area contributed by atoms with Crippen molar-refractivity contribution in [1.82, 2.24) is 14.6 Å². The number of sulfonamides is 1. The lowest BCUT2D eigenvalue weighted by atomic mass is 10.2. The molecule has 3 rings (SSSR count). The van der Waals surface area contributed by atoms with Gasteiger partial charge < -0.3 is 14.5 Å². The van der Waals surface area contributed by atoms with Gasteiger partial charge in [0.25, 0.3) is 5.91 Å². The Morgan fingerprint density at radius 1 is 1.19 bits per heavy atom. The SMILES string of the molecule is Cc1sc(-c2ccco2)nc1C(=O)OCC(=O)NCc1ccccc1S(=O)(=O)N(C)C. The number of ether oxygens (including phenoxy) is 1. The number of carbonyl (C=O) groups is 2. The minimum Gasteiger partial charge on any atom is -0.462 e. The number of esters is 1. The van der Waals surface area contributed by atoms with Crippen LogP contribution in [0.25, 0.3) is 10.8 Å². The highest BCUT2D eigenvalue weighted by atomic mass is 32.2. The summed E-state index contributed by atoms with van der Waals surface area (Å²) < 4.78 is 36.3. The monoisotopic (exact) mass is 463 g/mol. The summed E-state index contributed by atoms with van der Waals surface area (Å²) in [5, 5.41) is 3.11. The van der Waals surface area contributed by atoms with Gasteiger partial charge in [-0.3, -0.25) is 4.79 Å². The van der Waals surface area contributed by atoms with E-state index in [0.717, 1.165) is 4.31 Å². The number of rotatable bonds is 8. The molecule has 3 aromatic rings. The molecule has 164 valence electrons. The van der Waals surface area contributed by atoms with Gasteiger partial charge in [-0.05, 0) is 30.7 Å². The van der Waals surface area contributed by atoms with Crippen molar-refractivity contribution in [2.75, 3.05) is 20.7 Å². The number of nitrogens with zero attached hydrogens (tertiary/aromatic N) is 2. The van der Waals surface area contributed by atoms with Crippen molar-refractivity contribution in [3.8, 4) is 10.8 Å². The molecule has 2 heterocycles. The summed E-state index contributed by atoms with van der Waals surface area (Å²) >= 11 is 1.28. The zero-order valence-corrected chi connectivity index (χ0v) is 18.7. The van der Waals surface area contributed by atoms with Crippen LogP contribution in [0.4, 0.5) is 0 Å². The lowest BCUT2D eigenvalue weighted by molar-refractivity contribution is -0.124. The second-order valence-electron chi connectivity index (χ2n) is 6.65. The highest BCUT2D eigenvalue weighted by Gasteiger charge is 2.22. The standard InChI is InChI=1S/C20H21N3O6S2/c1-13-18(22-19(30-13)15-8-6-10-28-15)20(25)29-12-17(24)21-11-14-7-4-5-9-16(14)31(26,27)23(2)3/h4-10H,11-12H2,1-3H3,(H,21,24). The van der Waals surface area contributed by atoms with Crippen LogP contribution in [0.5, 0.6) is 0 Å². The van der Waals surface area contributed by atoms with Crippen LogP contribution in [-0.2, 0) is 26.1 Å². The highest BCUT2D eigenvalue weighted by molar-refractivity contribution is 7.89. The molecule has 0 radical (unpaired) electrons. The molecule has 0 atom stereocenters. The van der Waals surface area contributed by atoms with E-state index in [9.17, 15) is 18.0 Å². The normalized spacial score (nSPS) is 11.5. The maximum absolute atomic E-state index is 12.4. The van der Waals surface area contributed by atoms with E-state index < -0.39 is 28.5 Å². The fourth-order valence-corrected chi connectivity index (χ4v) is 4.62. The van der Waals surface area contributed by atoms with Gasteiger partial charge in [-0.25, -0.2) is 22.5 Å². The molecule has 0 aliphatic heterocycles. The zero-order chi connectivity index (χ0) is 22.6. The van der Waals surface area contributed by atoms with Crippen molar-refractivity contribution in [3.05, 3.63) is 58.8 Å². The number of carbonyl (C=O) groups excluding carboxylic acids is 2. The number of furan rings is 1. The van der Waals surface area contributed by atoms with Crippen LogP contribution in [0, 0.1) is 6.92 Å². The third-order valence-corrected chi connectivity index (χ3v) is 7.16. The third kappa shape index (κ3) is 5.19. The van der Waals surface area contributed by atoms with E-state index in [0.29, 0.717) is 21.2 Å². The topological polar surface area (TPSA) is 119 Å². The van der Waals surface area contributed by atoms with Crippen LogP contribution in [0.15, 0.2) is 52.0 Å². The average Bonchev–Trinajstić information content (AvgIpc) is 3.40. The Morgan fingerprint density at radius 2 is 1.94 bits per heavy atom. The quantitative estimate of drug-likeness (QED) is 0.510. The van der Waals surface area contributed by atoms with E-state index in [-0.39, 0.29) is 17.1 Å². The van der Waals surface area contributed by atoms with Gasteiger partial charge in [-0.2, -0.15) is 0 Å². The van der Waals surface area contributed by atoms with Gasteiger partial charge in [0, 0.05) is 25.5 Å². The van der Waals surface area contributed by atoms with Gasteiger partial charge in [0.2, 0.25) is 10.0 Å². The molecule has 0 unspecified atom stereocenters. The van der Waals surface area contributed by atoms with Crippen LogP contribution >= 0.6 is 11.3 Å². The molecule has 0 aliphatic carbocycles. The molecule has 0 bridgehead atoms. The average molecular weight is 464 g/mol. The summed E-state index contributed by atoms with van der Waals surface area (Å²) in [5.74, 6) is -0.752. The number of aryl methyl sites for hydroxylation is 1. The smallest absolute Gasteiger partial charge is 0.358 e. The van der Waals surface area contributed by atoms with Crippen LogP contribution in [0.3, 0.4) is 0 Å². The Morgan fingerprint density at radius 3 is 2.61 bits per heavy atom. The summed E-state index contributed by atoms with van der Waals surface area (Å²) in [6, 6.07) is 9.82. The van der Waals surface area contributed by atoms with Crippen molar-refractivity contribution < 1.29 is 27.2 Å². The van der Waals surface area contributed by atoms with E-state index in [2.05, 4.69) is 10.3 Å². The number of nitrogens with one attached hydrogen (secondary N) is 1. The van der Waals surface area contributed by atoms with Crippen LogP contribution < -0.4 is 5.32 Å². The summed E-state index contributed by atoms with van der Waals surface area (Å²) in [6.07, 6.45) is 1.51. The molecule has 31 heavy (non-hydrogen) atoms. The largest absolute Gasteiger partial charge is 0.462 e. The first kappa shape index (κ1) is 22.7. The molecular weight excluding hydrogens is 442 g/mol. The molecule has 11 heteroatoms. The summed E-state index contributed by atoms with van der Waals surface area (Å²) in [6.45, 7) is 1.18. The predicted molar refractivity (Wildman–Crippen MR) is 114 cm³/mol. The minimum atomic E-state index is -3.66. The van der Waals surface area contributed by atoms with Crippen molar-refractivity contribution in [3.63, 3.8) is 0 Å². The van der Waals surface area contributed by atoms with Gasteiger partial charge in [0.1, 0.15) is 0 Å². The van der Waals surface area contributed by atoms with E-state index in [4.69, 9.17) is 9.15 Å². The van der Waals surface area contributed by atoms with Crippen molar-refractivity contribution >= 4 is 33.2 Å². The second kappa shape index (κ2) is 9.41.